The van der Waals surface area contributed by atoms with Crippen LogP contribution in [-0.2, 0) is 13.6 Å². The van der Waals surface area contributed by atoms with E-state index in [1.54, 1.807) is 17.7 Å². The van der Waals surface area contributed by atoms with Crippen molar-refractivity contribution in [2.24, 2.45) is 12.8 Å². The highest BCUT2D eigenvalue weighted by atomic mass is 35.5. The summed E-state index contributed by atoms with van der Waals surface area (Å²) in [5, 5.41) is 3.08. The predicted octanol–water partition coefficient (Wildman–Crippen LogP) is 4.46. The Kier molecular flexibility index (Phi) is 8.31. The van der Waals surface area contributed by atoms with Crippen molar-refractivity contribution < 1.29 is 4.79 Å². The zero-order valence-corrected chi connectivity index (χ0v) is 19.6. The molecule has 2 aromatic carbocycles. The molecule has 1 aromatic heterocycles. The SMILES string of the molecule is Cl.Cn1cc(-c2ccc(N(C(=O)NCc3ccccc3)[C@H]3CC[C@H](N)CC3)cc2)ccc1=O. The van der Waals surface area contributed by atoms with E-state index in [-0.39, 0.29) is 36.1 Å². The molecule has 33 heavy (non-hydrogen) atoms. The fourth-order valence-electron chi connectivity index (χ4n) is 4.29. The first kappa shape index (κ1) is 24.6. The molecule has 4 rings (SSSR count). The van der Waals surface area contributed by atoms with E-state index in [1.165, 1.54) is 0 Å². The molecule has 1 aliphatic carbocycles. The first-order valence-corrected chi connectivity index (χ1v) is 11.1. The van der Waals surface area contributed by atoms with Crippen LogP contribution in [0.3, 0.4) is 0 Å². The van der Waals surface area contributed by atoms with E-state index in [2.05, 4.69) is 5.32 Å². The van der Waals surface area contributed by atoms with Crippen LogP contribution in [0.2, 0.25) is 0 Å². The summed E-state index contributed by atoms with van der Waals surface area (Å²) in [6, 6.07) is 21.5. The maximum Gasteiger partial charge on any atom is 0.322 e. The number of anilines is 1. The van der Waals surface area contributed by atoms with Crippen LogP contribution in [0.4, 0.5) is 10.5 Å². The average molecular weight is 467 g/mol. The molecule has 0 saturated heterocycles. The summed E-state index contributed by atoms with van der Waals surface area (Å²) in [5.41, 5.74) is 9.96. The number of aryl methyl sites for hydroxylation is 1. The molecule has 0 bridgehead atoms. The molecule has 1 heterocycles. The van der Waals surface area contributed by atoms with Crippen LogP contribution in [0.5, 0.6) is 0 Å². The summed E-state index contributed by atoms with van der Waals surface area (Å²) >= 11 is 0. The number of carbonyl (C=O) groups is 1. The molecule has 7 heteroatoms. The van der Waals surface area contributed by atoms with E-state index in [1.807, 2.05) is 71.8 Å². The lowest BCUT2D eigenvalue weighted by Crippen LogP contribution is -2.48. The van der Waals surface area contributed by atoms with Gasteiger partial charge in [-0.25, -0.2) is 4.79 Å². The van der Waals surface area contributed by atoms with Gasteiger partial charge in [0.25, 0.3) is 0 Å². The third kappa shape index (κ3) is 6.03. The smallest absolute Gasteiger partial charge is 0.322 e. The largest absolute Gasteiger partial charge is 0.334 e. The van der Waals surface area contributed by atoms with Crippen molar-refractivity contribution >= 4 is 24.1 Å². The number of amides is 2. The number of nitrogens with zero attached hydrogens (tertiary/aromatic N) is 2. The number of hydrogen-bond acceptors (Lipinski definition) is 3. The molecule has 3 N–H and O–H groups in total. The number of benzene rings is 2. The van der Waals surface area contributed by atoms with E-state index in [9.17, 15) is 9.59 Å². The highest BCUT2D eigenvalue weighted by Crippen LogP contribution is 2.29. The zero-order chi connectivity index (χ0) is 22.5. The van der Waals surface area contributed by atoms with E-state index < -0.39 is 0 Å². The molecule has 1 aliphatic rings. The quantitative estimate of drug-likeness (QED) is 0.582. The van der Waals surface area contributed by atoms with Gasteiger partial charge in [0.15, 0.2) is 0 Å². The summed E-state index contributed by atoms with van der Waals surface area (Å²) < 4.78 is 1.57. The number of nitrogens with two attached hydrogens (primary N) is 1. The van der Waals surface area contributed by atoms with Gasteiger partial charge in [-0.3, -0.25) is 9.69 Å². The third-order valence-electron chi connectivity index (χ3n) is 6.18. The first-order valence-electron chi connectivity index (χ1n) is 11.1. The summed E-state index contributed by atoms with van der Waals surface area (Å²) in [4.78, 5) is 26.9. The minimum atomic E-state index is -0.0933. The highest BCUT2D eigenvalue weighted by molar-refractivity contribution is 5.93. The minimum Gasteiger partial charge on any atom is -0.334 e. The molecule has 3 aromatic rings. The zero-order valence-electron chi connectivity index (χ0n) is 18.8. The Morgan fingerprint density at radius 2 is 1.61 bits per heavy atom. The second-order valence-corrected chi connectivity index (χ2v) is 8.50. The lowest BCUT2D eigenvalue weighted by Gasteiger charge is -2.36. The van der Waals surface area contributed by atoms with Crippen LogP contribution in [-0.4, -0.2) is 22.7 Å². The maximum atomic E-state index is 13.3. The second-order valence-electron chi connectivity index (χ2n) is 8.50. The molecule has 0 spiro atoms. The summed E-state index contributed by atoms with van der Waals surface area (Å²) in [6.07, 6.45) is 5.45. The maximum absolute atomic E-state index is 13.3. The molecule has 0 radical (unpaired) electrons. The van der Waals surface area contributed by atoms with Crippen LogP contribution in [0, 0.1) is 0 Å². The lowest BCUT2D eigenvalue weighted by atomic mass is 9.90. The number of carbonyl (C=O) groups excluding carboxylic acids is 1. The van der Waals surface area contributed by atoms with Crippen LogP contribution < -0.4 is 21.5 Å². The van der Waals surface area contributed by atoms with Crippen molar-refractivity contribution in [2.45, 2.75) is 44.3 Å². The molecule has 0 atom stereocenters. The Morgan fingerprint density at radius 1 is 0.970 bits per heavy atom. The highest BCUT2D eigenvalue weighted by Gasteiger charge is 2.29. The molecule has 1 fully saturated rings. The molecular formula is C26H31ClN4O2. The van der Waals surface area contributed by atoms with E-state index in [0.29, 0.717) is 6.54 Å². The Bertz CT molecular complexity index is 1110. The molecule has 1 saturated carbocycles. The number of urea groups is 1. The van der Waals surface area contributed by atoms with Gasteiger partial charge in [0.1, 0.15) is 0 Å². The number of aromatic nitrogens is 1. The van der Waals surface area contributed by atoms with Gasteiger partial charge in [-0.15, -0.1) is 12.4 Å². The fourth-order valence-corrected chi connectivity index (χ4v) is 4.29. The van der Waals surface area contributed by atoms with Crippen LogP contribution in [0.1, 0.15) is 31.2 Å². The molecule has 2 amide bonds. The lowest BCUT2D eigenvalue weighted by molar-refractivity contribution is 0.240. The van der Waals surface area contributed by atoms with Gasteiger partial charge in [-0.2, -0.15) is 0 Å². The van der Waals surface area contributed by atoms with Gasteiger partial charge in [-0.05, 0) is 60.6 Å². The molecule has 174 valence electrons. The normalized spacial score (nSPS) is 17.6. The van der Waals surface area contributed by atoms with E-state index in [4.69, 9.17) is 5.73 Å². The third-order valence-corrected chi connectivity index (χ3v) is 6.18. The van der Waals surface area contributed by atoms with Gasteiger partial charge >= 0.3 is 6.03 Å². The van der Waals surface area contributed by atoms with Crippen molar-refractivity contribution in [1.29, 1.82) is 0 Å². The van der Waals surface area contributed by atoms with Crippen molar-refractivity contribution in [3.8, 4) is 11.1 Å². The second kappa shape index (κ2) is 11.2. The molecule has 0 aliphatic heterocycles. The van der Waals surface area contributed by atoms with E-state index in [0.717, 1.165) is 48.1 Å². The minimum absolute atomic E-state index is 0. The number of pyridine rings is 1. The topological polar surface area (TPSA) is 80.4 Å². The van der Waals surface area contributed by atoms with Crippen molar-refractivity contribution in [3.63, 3.8) is 0 Å². The Morgan fingerprint density at radius 3 is 2.24 bits per heavy atom. The Labute approximate surface area is 200 Å². The predicted molar refractivity (Wildman–Crippen MR) is 136 cm³/mol. The summed E-state index contributed by atoms with van der Waals surface area (Å²) in [5.74, 6) is 0. The Hall–Kier alpha value is -3.09. The van der Waals surface area contributed by atoms with Crippen LogP contribution >= 0.6 is 12.4 Å². The first-order chi connectivity index (χ1) is 15.5. The number of nitrogens with one attached hydrogen (secondary N) is 1. The standard InChI is InChI=1S/C26H30N4O2.ClH/c1-29-18-21(9-16-25(29)31)20-7-12-23(13-8-20)30(24-14-10-22(27)11-15-24)26(32)28-17-19-5-3-2-4-6-19;/h2-9,12-13,16,18,22,24H,10-11,14-15,17,27H2,1H3,(H,28,32);1H/t22-,24-;. The van der Waals surface area contributed by atoms with Crippen LogP contribution in [0.25, 0.3) is 11.1 Å². The van der Waals surface area contributed by atoms with Crippen molar-refractivity contribution in [3.05, 3.63) is 88.8 Å². The fraction of sp³-hybridized carbons (Fsp3) is 0.308. The molecular weight excluding hydrogens is 436 g/mol. The van der Waals surface area contributed by atoms with Crippen molar-refractivity contribution in [1.82, 2.24) is 9.88 Å². The number of halogens is 1. The van der Waals surface area contributed by atoms with Gasteiger partial charge in [0, 0.05) is 43.6 Å². The van der Waals surface area contributed by atoms with Gasteiger partial charge in [-0.1, -0.05) is 42.5 Å². The summed E-state index contributed by atoms with van der Waals surface area (Å²) in [7, 11) is 1.74. The van der Waals surface area contributed by atoms with Gasteiger partial charge in [0.05, 0.1) is 0 Å². The average Bonchev–Trinajstić information content (AvgIpc) is 2.82. The van der Waals surface area contributed by atoms with E-state index >= 15 is 0 Å². The Balaban J connectivity index is 0.00000306. The van der Waals surface area contributed by atoms with Crippen molar-refractivity contribution in [2.75, 3.05) is 4.90 Å². The number of hydrogen-bond donors (Lipinski definition) is 2. The van der Waals surface area contributed by atoms with Crippen LogP contribution in [0.15, 0.2) is 77.7 Å². The molecule has 6 nitrogen and oxygen atoms in total. The monoisotopic (exact) mass is 466 g/mol. The number of rotatable bonds is 5. The van der Waals surface area contributed by atoms with Gasteiger partial charge < -0.3 is 15.6 Å². The van der Waals surface area contributed by atoms with Gasteiger partial charge in [0.2, 0.25) is 5.56 Å². The summed E-state index contributed by atoms with van der Waals surface area (Å²) in [6.45, 7) is 0.485. The molecule has 0 unspecified atom stereocenters.